The standard InChI is InChI=1S/C18H27NO2/c1-3-16(2)12-18(20,8-9-21-16)17(13-19)10-14-6-4-5-7-15(14)11-17/h4-7,20H,3,8-13,19H2,1-2H3. The first-order valence-electron chi connectivity index (χ1n) is 8.09. The lowest BCUT2D eigenvalue weighted by molar-refractivity contribution is -0.197. The maximum absolute atomic E-state index is 11.5. The number of rotatable bonds is 3. The van der Waals surface area contributed by atoms with Crippen molar-refractivity contribution >= 4 is 0 Å². The van der Waals surface area contributed by atoms with E-state index in [1.807, 2.05) is 0 Å². The van der Waals surface area contributed by atoms with Crippen LogP contribution in [0, 0.1) is 5.41 Å². The molecule has 1 fully saturated rings. The van der Waals surface area contributed by atoms with Crippen molar-refractivity contribution in [3.63, 3.8) is 0 Å². The molecule has 3 rings (SSSR count). The van der Waals surface area contributed by atoms with Crippen molar-refractivity contribution in [2.45, 2.75) is 57.2 Å². The molecule has 1 saturated heterocycles. The molecule has 0 aromatic heterocycles. The third kappa shape index (κ3) is 2.32. The van der Waals surface area contributed by atoms with Gasteiger partial charge in [-0.1, -0.05) is 31.2 Å². The molecule has 0 amide bonds. The Morgan fingerprint density at radius 1 is 1.24 bits per heavy atom. The first-order chi connectivity index (χ1) is 9.96. The predicted molar refractivity (Wildman–Crippen MR) is 84.2 cm³/mol. The zero-order valence-electron chi connectivity index (χ0n) is 13.2. The summed E-state index contributed by atoms with van der Waals surface area (Å²) in [5.41, 5.74) is 7.69. The van der Waals surface area contributed by atoms with Crippen LogP contribution in [0.5, 0.6) is 0 Å². The number of benzene rings is 1. The highest BCUT2D eigenvalue weighted by molar-refractivity contribution is 5.36. The average molecular weight is 289 g/mol. The van der Waals surface area contributed by atoms with Crippen molar-refractivity contribution in [2.24, 2.45) is 11.1 Å². The van der Waals surface area contributed by atoms with Crippen LogP contribution in [0.25, 0.3) is 0 Å². The summed E-state index contributed by atoms with van der Waals surface area (Å²) in [5, 5.41) is 11.5. The van der Waals surface area contributed by atoms with Crippen LogP contribution in [0.4, 0.5) is 0 Å². The monoisotopic (exact) mass is 289 g/mol. The van der Waals surface area contributed by atoms with Gasteiger partial charge in [0.25, 0.3) is 0 Å². The van der Waals surface area contributed by atoms with Crippen LogP contribution in [0.1, 0.15) is 44.2 Å². The van der Waals surface area contributed by atoms with Crippen molar-refractivity contribution in [3.05, 3.63) is 35.4 Å². The van der Waals surface area contributed by atoms with Crippen LogP contribution in [0.15, 0.2) is 24.3 Å². The van der Waals surface area contributed by atoms with Gasteiger partial charge < -0.3 is 15.6 Å². The van der Waals surface area contributed by atoms with Crippen molar-refractivity contribution in [1.82, 2.24) is 0 Å². The maximum atomic E-state index is 11.5. The SMILES string of the molecule is CCC1(C)CC(O)(C2(CN)Cc3ccccc3C2)CCO1. The Hall–Kier alpha value is -0.900. The van der Waals surface area contributed by atoms with Gasteiger partial charge in [0.15, 0.2) is 0 Å². The Labute approximate surface area is 127 Å². The molecule has 1 aliphatic heterocycles. The molecule has 0 radical (unpaired) electrons. The van der Waals surface area contributed by atoms with Crippen LogP contribution in [-0.2, 0) is 17.6 Å². The van der Waals surface area contributed by atoms with E-state index in [2.05, 4.69) is 38.1 Å². The van der Waals surface area contributed by atoms with Gasteiger partial charge in [-0.25, -0.2) is 0 Å². The topological polar surface area (TPSA) is 55.5 Å². The van der Waals surface area contributed by atoms with Gasteiger partial charge in [-0.3, -0.25) is 0 Å². The highest BCUT2D eigenvalue weighted by Crippen LogP contribution is 2.51. The predicted octanol–water partition coefficient (Wildman–Crippen LogP) is 2.44. The number of hydrogen-bond donors (Lipinski definition) is 2. The largest absolute Gasteiger partial charge is 0.389 e. The molecule has 2 aliphatic rings. The lowest BCUT2D eigenvalue weighted by atomic mass is 9.63. The first kappa shape index (κ1) is 15.0. The molecule has 1 heterocycles. The summed E-state index contributed by atoms with van der Waals surface area (Å²) < 4.78 is 5.94. The van der Waals surface area contributed by atoms with E-state index in [-0.39, 0.29) is 11.0 Å². The zero-order valence-corrected chi connectivity index (χ0v) is 13.2. The quantitative estimate of drug-likeness (QED) is 0.898. The summed E-state index contributed by atoms with van der Waals surface area (Å²) in [6, 6.07) is 8.51. The van der Waals surface area contributed by atoms with Gasteiger partial charge in [0.2, 0.25) is 0 Å². The summed E-state index contributed by atoms with van der Waals surface area (Å²) in [6.45, 7) is 5.39. The van der Waals surface area contributed by atoms with Gasteiger partial charge in [0.1, 0.15) is 0 Å². The summed E-state index contributed by atoms with van der Waals surface area (Å²) in [5.74, 6) is 0. The highest BCUT2D eigenvalue weighted by Gasteiger charge is 2.56. The number of fused-ring (bicyclic) bond motifs is 1. The molecule has 3 nitrogen and oxygen atoms in total. The van der Waals surface area contributed by atoms with Gasteiger partial charge in [-0.15, -0.1) is 0 Å². The lowest BCUT2D eigenvalue weighted by Gasteiger charge is -2.52. The average Bonchev–Trinajstić information content (AvgIpc) is 2.87. The van der Waals surface area contributed by atoms with Gasteiger partial charge in [0, 0.05) is 24.8 Å². The molecule has 116 valence electrons. The Kier molecular flexibility index (Phi) is 3.63. The molecule has 1 aromatic rings. The van der Waals surface area contributed by atoms with Crippen LogP contribution in [-0.4, -0.2) is 29.5 Å². The molecule has 3 heteroatoms. The molecule has 1 aromatic carbocycles. The highest BCUT2D eigenvalue weighted by atomic mass is 16.5. The van der Waals surface area contributed by atoms with E-state index in [4.69, 9.17) is 10.5 Å². The fraction of sp³-hybridized carbons (Fsp3) is 0.667. The second-order valence-corrected chi connectivity index (χ2v) is 7.22. The molecule has 0 spiro atoms. The van der Waals surface area contributed by atoms with E-state index >= 15 is 0 Å². The second-order valence-electron chi connectivity index (χ2n) is 7.22. The number of ether oxygens (including phenoxy) is 1. The van der Waals surface area contributed by atoms with Crippen molar-refractivity contribution in [2.75, 3.05) is 13.2 Å². The fourth-order valence-corrected chi connectivity index (χ4v) is 4.26. The third-order valence-corrected chi connectivity index (χ3v) is 5.93. The molecule has 2 atom stereocenters. The minimum Gasteiger partial charge on any atom is -0.389 e. The van der Waals surface area contributed by atoms with Gasteiger partial charge in [-0.2, -0.15) is 0 Å². The molecule has 21 heavy (non-hydrogen) atoms. The first-order valence-corrected chi connectivity index (χ1v) is 8.09. The van der Waals surface area contributed by atoms with E-state index in [0.717, 1.165) is 19.3 Å². The summed E-state index contributed by atoms with van der Waals surface area (Å²) >= 11 is 0. The fourth-order valence-electron chi connectivity index (χ4n) is 4.26. The molecular formula is C18H27NO2. The Morgan fingerprint density at radius 3 is 2.38 bits per heavy atom. The number of aliphatic hydroxyl groups is 1. The summed E-state index contributed by atoms with van der Waals surface area (Å²) in [4.78, 5) is 0. The van der Waals surface area contributed by atoms with Crippen LogP contribution < -0.4 is 5.73 Å². The lowest BCUT2D eigenvalue weighted by Crippen LogP contribution is -2.60. The molecule has 2 unspecified atom stereocenters. The van der Waals surface area contributed by atoms with Gasteiger partial charge in [-0.05, 0) is 37.3 Å². The second kappa shape index (κ2) is 5.08. The van der Waals surface area contributed by atoms with Crippen LogP contribution in [0.3, 0.4) is 0 Å². The molecule has 0 bridgehead atoms. The molecule has 1 aliphatic carbocycles. The van der Waals surface area contributed by atoms with Crippen LogP contribution in [0.2, 0.25) is 0 Å². The summed E-state index contributed by atoms with van der Waals surface area (Å²) in [6.07, 6.45) is 4.06. The van der Waals surface area contributed by atoms with E-state index in [1.54, 1.807) is 0 Å². The Bertz CT molecular complexity index is 505. The molecular weight excluding hydrogens is 262 g/mol. The van der Waals surface area contributed by atoms with Gasteiger partial charge >= 0.3 is 0 Å². The third-order valence-electron chi connectivity index (χ3n) is 5.93. The van der Waals surface area contributed by atoms with E-state index in [0.29, 0.717) is 26.0 Å². The Morgan fingerprint density at radius 2 is 1.86 bits per heavy atom. The summed E-state index contributed by atoms with van der Waals surface area (Å²) in [7, 11) is 0. The minimum absolute atomic E-state index is 0.232. The molecule has 0 saturated carbocycles. The van der Waals surface area contributed by atoms with E-state index in [1.165, 1.54) is 11.1 Å². The van der Waals surface area contributed by atoms with Crippen LogP contribution >= 0.6 is 0 Å². The molecule has 3 N–H and O–H groups in total. The van der Waals surface area contributed by atoms with Crippen molar-refractivity contribution in [1.29, 1.82) is 0 Å². The minimum atomic E-state index is -0.732. The van der Waals surface area contributed by atoms with Gasteiger partial charge in [0.05, 0.1) is 17.8 Å². The number of hydrogen-bond acceptors (Lipinski definition) is 3. The number of nitrogens with two attached hydrogens (primary N) is 1. The van der Waals surface area contributed by atoms with Crippen molar-refractivity contribution in [3.8, 4) is 0 Å². The Balaban J connectivity index is 1.94. The normalized spacial score (nSPS) is 34.7. The zero-order chi connectivity index (χ0) is 15.1. The van der Waals surface area contributed by atoms with Crippen molar-refractivity contribution < 1.29 is 9.84 Å². The van der Waals surface area contributed by atoms with E-state index < -0.39 is 5.60 Å². The van der Waals surface area contributed by atoms with E-state index in [9.17, 15) is 5.11 Å². The smallest absolute Gasteiger partial charge is 0.0771 e. The maximum Gasteiger partial charge on any atom is 0.0771 e.